The third kappa shape index (κ3) is 11.6. The van der Waals surface area contributed by atoms with Gasteiger partial charge in [-0.2, -0.15) is 0 Å². The molecule has 0 aliphatic heterocycles. The van der Waals surface area contributed by atoms with Gasteiger partial charge in [0.1, 0.15) is 19.8 Å². The number of carbonyl (C=O) groups excluding carboxylic acids is 3. The molecule has 0 aromatic heterocycles. The molecule has 9 heteroatoms. The topological polar surface area (TPSA) is 143 Å². The summed E-state index contributed by atoms with van der Waals surface area (Å²) >= 11 is 0. The maximum atomic E-state index is 11.0. The Hall–Kier alpha value is -1.55. The Bertz CT molecular complexity index is 350. The van der Waals surface area contributed by atoms with Crippen LogP contribution in [0.2, 0.25) is 0 Å². The van der Waals surface area contributed by atoms with Crippen molar-refractivity contribution in [3.8, 4) is 0 Å². The molecule has 5 N–H and O–H groups in total. The zero-order valence-corrected chi connectivity index (χ0v) is 13.9. The molecule has 134 valence electrons. The molecule has 0 saturated carbocycles. The molecule has 0 aromatic carbocycles. The summed E-state index contributed by atoms with van der Waals surface area (Å²) in [6.45, 7) is 4.81. The Morgan fingerprint density at radius 1 is 0.913 bits per heavy atom. The minimum absolute atomic E-state index is 0.0327. The van der Waals surface area contributed by atoms with E-state index in [1.165, 1.54) is 6.92 Å². The molecule has 0 aromatic rings. The number of hydrogen-bond donors (Lipinski definition) is 3. The van der Waals surface area contributed by atoms with E-state index in [2.05, 4.69) is 5.32 Å². The zero-order chi connectivity index (χ0) is 17.9. The van der Waals surface area contributed by atoms with Crippen LogP contribution in [0.1, 0.15) is 20.8 Å². The molecule has 0 radical (unpaired) electrons. The van der Waals surface area contributed by atoms with Crippen LogP contribution in [0, 0.1) is 0 Å². The fourth-order valence-corrected chi connectivity index (χ4v) is 1.95. The predicted molar refractivity (Wildman–Crippen MR) is 82.5 cm³/mol. The second-order valence-electron chi connectivity index (χ2n) is 5.69. The number of Topliss-reactive ketones (excluding diaryl/α,β-unsaturated/α-hetero) is 1. The van der Waals surface area contributed by atoms with Gasteiger partial charge in [-0.15, -0.1) is 0 Å². The fourth-order valence-electron chi connectivity index (χ4n) is 1.95. The lowest BCUT2D eigenvalue weighted by atomic mass is 10.0. The molecule has 23 heavy (non-hydrogen) atoms. The molecule has 9 nitrogen and oxygen atoms in total. The summed E-state index contributed by atoms with van der Waals surface area (Å²) in [5.74, 6) is -1.34. The minimum atomic E-state index is -0.853. The van der Waals surface area contributed by atoms with Gasteiger partial charge in [-0.25, -0.2) is 0 Å². The molecule has 0 fully saturated rings. The smallest absolute Gasteiger partial charge is 0.243 e. The van der Waals surface area contributed by atoms with Crippen LogP contribution in [0.4, 0.5) is 0 Å². The lowest BCUT2D eigenvalue weighted by Crippen LogP contribution is -2.59. The van der Waals surface area contributed by atoms with Crippen molar-refractivity contribution in [2.24, 2.45) is 11.5 Å². The maximum absolute atomic E-state index is 11.0. The number of ketones is 1. The number of nitrogens with two attached hydrogens (primary N) is 2. The zero-order valence-electron chi connectivity index (χ0n) is 13.9. The second kappa shape index (κ2) is 11.1. The van der Waals surface area contributed by atoms with Crippen LogP contribution in [0.3, 0.4) is 0 Å². The SMILES string of the molecule is CC(=O)COCC(COCC(N)=O)(COCC(N)=O)NC(C)C. The summed E-state index contributed by atoms with van der Waals surface area (Å²) in [6.07, 6.45) is 0. The Morgan fingerprint density at radius 3 is 1.61 bits per heavy atom. The minimum Gasteiger partial charge on any atom is -0.372 e. The van der Waals surface area contributed by atoms with Crippen LogP contribution in [-0.2, 0) is 28.6 Å². The van der Waals surface area contributed by atoms with Crippen LogP contribution in [0.5, 0.6) is 0 Å². The van der Waals surface area contributed by atoms with Crippen molar-refractivity contribution in [1.29, 1.82) is 0 Å². The number of amides is 2. The highest BCUT2D eigenvalue weighted by molar-refractivity contribution is 5.76. The highest BCUT2D eigenvalue weighted by Crippen LogP contribution is 2.10. The van der Waals surface area contributed by atoms with E-state index in [-0.39, 0.29) is 51.5 Å². The molecule has 0 aliphatic carbocycles. The van der Waals surface area contributed by atoms with Crippen LogP contribution >= 0.6 is 0 Å². The summed E-state index contributed by atoms with van der Waals surface area (Å²) in [5, 5.41) is 3.22. The molecule has 2 amide bonds. The van der Waals surface area contributed by atoms with Crippen LogP contribution in [0.25, 0.3) is 0 Å². The number of rotatable bonds is 14. The molecular weight excluding hydrogens is 306 g/mol. The van der Waals surface area contributed by atoms with E-state index in [1.807, 2.05) is 13.8 Å². The number of nitrogens with one attached hydrogen (secondary N) is 1. The quantitative estimate of drug-likeness (QED) is 0.345. The van der Waals surface area contributed by atoms with E-state index in [4.69, 9.17) is 25.7 Å². The molecule has 0 unspecified atom stereocenters. The lowest BCUT2D eigenvalue weighted by Gasteiger charge is -2.35. The largest absolute Gasteiger partial charge is 0.372 e. The van der Waals surface area contributed by atoms with Crippen LogP contribution in [0.15, 0.2) is 0 Å². The van der Waals surface area contributed by atoms with E-state index >= 15 is 0 Å². The summed E-state index contributed by atoms with van der Waals surface area (Å²) in [7, 11) is 0. The number of hydrogen-bond acceptors (Lipinski definition) is 7. The predicted octanol–water partition coefficient (Wildman–Crippen LogP) is -1.67. The van der Waals surface area contributed by atoms with Crippen molar-refractivity contribution in [3.05, 3.63) is 0 Å². The lowest BCUT2D eigenvalue weighted by molar-refractivity contribution is -0.127. The van der Waals surface area contributed by atoms with Gasteiger partial charge in [-0.1, -0.05) is 13.8 Å². The van der Waals surface area contributed by atoms with Gasteiger partial charge >= 0.3 is 0 Å². The van der Waals surface area contributed by atoms with Crippen molar-refractivity contribution < 1.29 is 28.6 Å². The Kier molecular flexibility index (Phi) is 10.3. The fraction of sp³-hybridized carbons (Fsp3) is 0.786. The molecule has 0 heterocycles. The van der Waals surface area contributed by atoms with Crippen LogP contribution in [-0.4, -0.2) is 68.8 Å². The monoisotopic (exact) mass is 333 g/mol. The van der Waals surface area contributed by atoms with Crippen molar-refractivity contribution in [1.82, 2.24) is 5.32 Å². The van der Waals surface area contributed by atoms with E-state index in [9.17, 15) is 14.4 Å². The molecular formula is C14H27N3O6. The third-order valence-electron chi connectivity index (χ3n) is 2.52. The van der Waals surface area contributed by atoms with Gasteiger partial charge in [0.2, 0.25) is 11.8 Å². The normalized spacial score (nSPS) is 11.7. The summed E-state index contributed by atoms with van der Waals surface area (Å²) < 4.78 is 15.9. The van der Waals surface area contributed by atoms with E-state index in [0.717, 1.165) is 0 Å². The number of ether oxygens (including phenoxy) is 3. The summed E-state index contributed by atoms with van der Waals surface area (Å²) in [5.41, 5.74) is 9.25. The molecule has 0 saturated heterocycles. The van der Waals surface area contributed by atoms with E-state index < -0.39 is 17.4 Å². The van der Waals surface area contributed by atoms with Gasteiger partial charge in [0, 0.05) is 6.04 Å². The highest BCUT2D eigenvalue weighted by atomic mass is 16.5. The first-order valence-electron chi connectivity index (χ1n) is 7.24. The van der Waals surface area contributed by atoms with Crippen molar-refractivity contribution in [3.63, 3.8) is 0 Å². The van der Waals surface area contributed by atoms with Crippen molar-refractivity contribution >= 4 is 17.6 Å². The summed E-state index contributed by atoms with van der Waals surface area (Å²) in [6, 6.07) is 0.0327. The van der Waals surface area contributed by atoms with Crippen LogP contribution < -0.4 is 16.8 Å². The van der Waals surface area contributed by atoms with Crippen molar-refractivity contribution in [2.75, 3.05) is 39.6 Å². The van der Waals surface area contributed by atoms with Gasteiger partial charge in [0.05, 0.1) is 25.4 Å². The van der Waals surface area contributed by atoms with E-state index in [1.54, 1.807) is 0 Å². The molecule has 0 aliphatic rings. The number of primary amides is 2. The maximum Gasteiger partial charge on any atom is 0.243 e. The molecule has 0 rings (SSSR count). The first-order chi connectivity index (χ1) is 10.7. The first-order valence-corrected chi connectivity index (χ1v) is 7.24. The van der Waals surface area contributed by atoms with Gasteiger partial charge in [-0.3, -0.25) is 14.4 Å². The summed E-state index contributed by atoms with van der Waals surface area (Å²) in [4.78, 5) is 32.7. The van der Waals surface area contributed by atoms with Gasteiger partial charge in [0.15, 0.2) is 5.78 Å². The van der Waals surface area contributed by atoms with Gasteiger partial charge in [-0.05, 0) is 6.92 Å². The molecule has 0 bridgehead atoms. The van der Waals surface area contributed by atoms with Crippen molar-refractivity contribution in [2.45, 2.75) is 32.4 Å². The average Bonchev–Trinajstić information content (AvgIpc) is 2.36. The van der Waals surface area contributed by atoms with Gasteiger partial charge in [0.25, 0.3) is 0 Å². The standard InChI is InChI=1S/C14H27N3O6/c1-10(2)17-14(7-21-4-11(3)18,8-22-5-12(15)19)9-23-6-13(16)20/h10,17H,4-9H2,1-3H3,(H2,15,19)(H2,16,20). The first kappa shape index (κ1) is 21.4. The Morgan fingerprint density at radius 2 is 1.30 bits per heavy atom. The average molecular weight is 333 g/mol. The third-order valence-corrected chi connectivity index (χ3v) is 2.52. The second-order valence-corrected chi connectivity index (χ2v) is 5.69. The molecule has 0 atom stereocenters. The van der Waals surface area contributed by atoms with Gasteiger partial charge < -0.3 is 31.0 Å². The molecule has 0 spiro atoms. The Labute approximate surface area is 136 Å². The number of carbonyl (C=O) groups is 3. The highest BCUT2D eigenvalue weighted by Gasteiger charge is 2.32. The van der Waals surface area contributed by atoms with E-state index in [0.29, 0.717) is 0 Å². The Balaban J connectivity index is 4.88.